The van der Waals surface area contributed by atoms with Gasteiger partial charge in [-0.1, -0.05) is 29.5 Å². The van der Waals surface area contributed by atoms with Crippen molar-refractivity contribution in [2.45, 2.75) is 38.8 Å². The fourth-order valence-corrected chi connectivity index (χ4v) is 4.46. The number of ether oxygens (including phenoxy) is 1. The number of amides is 1. The minimum absolute atomic E-state index is 0.0716. The molecule has 3 aromatic rings. The molecule has 0 spiro atoms. The number of aromatic nitrogens is 2. The first kappa shape index (κ1) is 20.3. The molecular weight excluding hydrogens is 394 g/mol. The third kappa shape index (κ3) is 4.69. The summed E-state index contributed by atoms with van der Waals surface area (Å²) >= 11 is 2.80. The quantitative estimate of drug-likeness (QED) is 0.368. The summed E-state index contributed by atoms with van der Waals surface area (Å²) in [5.74, 6) is -0.745. The number of benzene rings is 1. The zero-order chi connectivity index (χ0) is 20.3. The number of nitrogens with one attached hydrogen (secondary N) is 1. The lowest BCUT2D eigenvalue weighted by molar-refractivity contribution is -0.150. The minimum atomic E-state index is -0.889. The lowest BCUT2D eigenvalue weighted by Crippen LogP contribution is -2.31. The van der Waals surface area contributed by atoms with Crippen molar-refractivity contribution >= 4 is 50.9 Å². The number of nitrogens with zero attached hydrogens (tertiary/aromatic N) is 2. The monoisotopic (exact) mass is 415 g/mol. The zero-order valence-electron chi connectivity index (χ0n) is 16.1. The molecule has 6 nitrogen and oxygen atoms in total. The normalized spacial score (nSPS) is 12.0. The fraction of sp³-hybridized carbons (Fsp3) is 0.300. The molecule has 1 amide bonds. The van der Waals surface area contributed by atoms with E-state index in [0.29, 0.717) is 0 Å². The number of fused-ring (bicyclic) bond motifs is 1. The van der Waals surface area contributed by atoms with Gasteiger partial charge in [0.1, 0.15) is 16.2 Å². The second-order valence-electron chi connectivity index (χ2n) is 6.50. The van der Waals surface area contributed by atoms with Crippen LogP contribution in [-0.2, 0) is 14.3 Å². The first-order valence-corrected chi connectivity index (χ1v) is 10.6. The molecule has 1 atom stereocenters. The molecule has 2 heterocycles. The summed E-state index contributed by atoms with van der Waals surface area (Å²) in [7, 11) is 0. The molecule has 3 rings (SSSR count). The average molecular weight is 416 g/mol. The van der Waals surface area contributed by atoms with Gasteiger partial charge in [-0.05, 0) is 50.3 Å². The van der Waals surface area contributed by atoms with Gasteiger partial charge >= 0.3 is 5.97 Å². The lowest BCUT2D eigenvalue weighted by Gasteiger charge is -2.16. The number of carbonyl (C=O) groups excluding carboxylic acids is 2. The van der Waals surface area contributed by atoms with E-state index in [-0.39, 0.29) is 11.7 Å². The highest BCUT2D eigenvalue weighted by Crippen LogP contribution is 2.27. The third-order valence-electron chi connectivity index (χ3n) is 4.15. The number of thioether (sulfide) groups is 1. The molecule has 0 radical (unpaired) electrons. The SMILES string of the molecule is Cc1cc(C)c(NC(=O)[C@@H](C)OC(=O)CSc2ncnc3sccc23)c(C)c1. The van der Waals surface area contributed by atoms with Gasteiger partial charge in [0.15, 0.2) is 6.10 Å². The van der Waals surface area contributed by atoms with Crippen LogP contribution in [0.15, 0.2) is 34.9 Å². The van der Waals surface area contributed by atoms with Crippen molar-refractivity contribution in [2.75, 3.05) is 11.1 Å². The second kappa shape index (κ2) is 8.70. The van der Waals surface area contributed by atoms with Crippen molar-refractivity contribution in [1.29, 1.82) is 0 Å². The second-order valence-corrected chi connectivity index (χ2v) is 8.36. The van der Waals surface area contributed by atoms with Crippen molar-refractivity contribution in [2.24, 2.45) is 0 Å². The van der Waals surface area contributed by atoms with Gasteiger partial charge in [0.05, 0.1) is 5.75 Å². The van der Waals surface area contributed by atoms with Crippen LogP contribution in [-0.4, -0.2) is 33.7 Å². The van der Waals surface area contributed by atoms with Crippen LogP contribution >= 0.6 is 23.1 Å². The molecule has 0 aliphatic rings. The molecule has 0 fully saturated rings. The van der Waals surface area contributed by atoms with Crippen LogP contribution in [0.3, 0.4) is 0 Å². The number of carbonyl (C=O) groups is 2. The van der Waals surface area contributed by atoms with Crippen LogP contribution in [0.2, 0.25) is 0 Å². The molecule has 146 valence electrons. The van der Waals surface area contributed by atoms with Gasteiger partial charge < -0.3 is 10.1 Å². The van der Waals surface area contributed by atoms with Crippen LogP contribution in [0.25, 0.3) is 10.2 Å². The number of esters is 1. The summed E-state index contributed by atoms with van der Waals surface area (Å²) in [6.45, 7) is 7.46. The molecular formula is C20H21N3O3S2. The molecule has 1 N–H and O–H groups in total. The van der Waals surface area contributed by atoms with Crippen LogP contribution in [0.1, 0.15) is 23.6 Å². The van der Waals surface area contributed by atoms with Crippen molar-refractivity contribution in [3.63, 3.8) is 0 Å². The van der Waals surface area contributed by atoms with E-state index < -0.39 is 12.1 Å². The molecule has 8 heteroatoms. The summed E-state index contributed by atoms with van der Waals surface area (Å²) < 4.78 is 5.29. The number of aryl methyl sites for hydroxylation is 3. The Bertz CT molecular complexity index is 1010. The summed E-state index contributed by atoms with van der Waals surface area (Å²) in [4.78, 5) is 33.9. The fourth-order valence-electron chi connectivity index (χ4n) is 2.90. The zero-order valence-corrected chi connectivity index (χ0v) is 17.7. The molecule has 0 unspecified atom stereocenters. The molecule has 1 aromatic carbocycles. The summed E-state index contributed by atoms with van der Waals surface area (Å²) in [5, 5.41) is 6.44. The average Bonchev–Trinajstić information content (AvgIpc) is 3.12. The smallest absolute Gasteiger partial charge is 0.317 e. The maximum Gasteiger partial charge on any atom is 0.317 e. The van der Waals surface area contributed by atoms with Crippen LogP contribution in [0, 0.1) is 20.8 Å². The van der Waals surface area contributed by atoms with Crippen molar-refractivity contribution in [1.82, 2.24) is 9.97 Å². The van der Waals surface area contributed by atoms with Crippen LogP contribution in [0.5, 0.6) is 0 Å². The van der Waals surface area contributed by atoms with E-state index in [1.54, 1.807) is 6.92 Å². The molecule has 0 saturated carbocycles. The largest absolute Gasteiger partial charge is 0.452 e. The van der Waals surface area contributed by atoms with E-state index in [2.05, 4.69) is 15.3 Å². The Hall–Kier alpha value is -2.45. The van der Waals surface area contributed by atoms with E-state index in [1.807, 2.05) is 44.4 Å². The van der Waals surface area contributed by atoms with Gasteiger partial charge in [-0.2, -0.15) is 0 Å². The first-order chi connectivity index (χ1) is 13.3. The Kier molecular flexibility index (Phi) is 6.31. The molecule has 0 bridgehead atoms. The van der Waals surface area contributed by atoms with E-state index in [9.17, 15) is 9.59 Å². The highest BCUT2D eigenvalue weighted by molar-refractivity contribution is 8.00. The molecule has 0 aliphatic heterocycles. The van der Waals surface area contributed by atoms with Gasteiger partial charge in [0, 0.05) is 11.1 Å². The van der Waals surface area contributed by atoms with E-state index in [0.717, 1.165) is 37.6 Å². The van der Waals surface area contributed by atoms with E-state index in [1.165, 1.54) is 29.4 Å². The maximum atomic E-state index is 12.4. The Morgan fingerprint density at radius 2 is 1.93 bits per heavy atom. The molecule has 28 heavy (non-hydrogen) atoms. The highest BCUT2D eigenvalue weighted by atomic mass is 32.2. The number of anilines is 1. The topological polar surface area (TPSA) is 81.2 Å². The summed E-state index contributed by atoms with van der Waals surface area (Å²) in [5.41, 5.74) is 3.84. The first-order valence-electron chi connectivity index (χ1n) is 8.74. The summed E-state index contributed by atoms with van der Waals surface area (Å²) in [6, 6.07) is 5.93. The molecule has 0 aliphatic carbocycles. The number of hydrogen-bond acceptors (Lipinski definition) is 7. The Balaban J connectivity index is 1.56. The molecule has 0 saturated heterocycles. The van der Waals surface area contributed by atoms with Gasteiger partial charge in [-0.3, -0.25) is 9.59 Å². The van der Waals surface area contributed by atoms with E-state index >= 15 is 0 Å². The van der Waals surface area contributed by atoms with Gasteiger partial charge in [-0.25, -0.2) is 9.97 Å². The number of thiophene rings is 1. The Labute approximate surface area is 171 Å². The van der Waals surface area contributed by atoms with Crippen molar-refractivity contribution in [3.8, 4) is 0 Å². The van der Waals surface area contributed by atoms with Gasteiger partial charge in [-0.15, -0.1) is 11.3 Å². The third-order valence-corrected chi connectivity index (χ3v) is 5.95. The Morgan fingerprint density at radius 3 is 2.64 bits per heavy atom. The van der Waals surface area contributed by atoms with Crippen LogP contribution in [0.4, 0.5) is 5.69 Å². The highest BCUT2D eigenvalue weighted by Gasteiger charge is 2.20. The van der Waals surface area contributed by atoms with Crippen molar-refractivity contribution < 1.29 is 14.3 Å². The van der Waals surface area contributed by atoms with Crippen molar-refractivity contribution in [3.05, 3.63) is 46.6 Å². The van der Waals surface area contributed by atoms with Crippen LogP contribution < -0.4 is 5.32 Å². The van der Waals surface area contributed by atoms with Gasteiger partial charge in [0.25, 0.3) is 5.91 Å². The molecule has 2 aromatic heterocycles. The minimum Gasteiger partial charge on any atom is -0.452 e. The lowest BCUT2D eigenvalue weighted by atomic mass is 10.0. The predicted molar refractivity (Wildman–Crippen MR) is 113 cm³/mol. The van der Waals surface area contributed by atoms with E-state index in [4.69, 9.17) is 4.74 Å². The maximum absolute atomic E-state index is 12.4. The number of rotatable bonds is 6. The summed E-state index contributed by atoms with van der Waals surface area (Å²) in [6.07, 6.45) is 0.592. The Morgan fingerprint density at radius 1 is 1.21 bits per heavy atom. The number of hydrogen-bond donors (Lipinski definition) is 1. The predicted octanol–water partition coefficient (Wildman–Crippen LogP) is 4.28. The standard InChI is InChI=1S/C20H21N3O3S2/c1-11-7-12(2)17(13(3)8-11)23-18(25)14(4)26-16(24)9-28-20-15-5-6-27-19(15)21-10-22-20/h5-8,10,14H,9H2,1-4H3,(H,23,25)/t14-/m1/s1. The van der Waals surface area contributed by atoms with Gasteiger partial charge in [0.2, 0.25) is 0 Å².